The SMILES string of the molecule is CC1CCCC(C2(O)C(N)=NC3CCC(Cl)CC32)C1C. The minimum atomic E-state index is -0.910. The van der Waals surface area contributed by atoms with Gasteiger partial charge in [-0.05, 0) is 43.4 Å². The number of fused-ring (bicyclic) bond motifs is 1. The van der Waals surface area contributed by atoms with Crippen molar-refractivity contribution < 1.29 is 5.11 Å². The third kappa shape index (κ3) is 2.09. The lowest BCUT2D eigenvalue weighted by atomic mass is 9.60. The second-order valence-electron chi connectivity index (χ2n) is 7.30. The first kappa shape index (κ1) is 14.6. The summed E-state index contributed by atoms with van der Waals surface area (Å²) in [7, 11) is 0. The van der Waals surface area contributed by atoms with Crippen LogP contribution in [0.5, 0.6) is 0 Å². The highest BCUT2D eigenvalue weighted by molar-refractivity contribution is 6.20. The smallest absolute Gasteiger partial charge is 0.129 e. The molecule has 2 saturated carbocycles. The summed E-state index contributed by atoms with van der Waals surface area (Å²) in [5.74, 6) is 2.02. The van der Waals surface area contributed by atoms with E-state index in [2.05, 4.69) is 18.8 Å². The van der Waals surface area contributed by atoms with Crippen molar-refractivity contribution in [1.29, 1.82) is 0 Å². The fourth-order valence-electron chi connectivity index (χ4n) is 4.87. The third-order valence-corrected chi connectivity index (χ3v) is 6.70. The topological polar surface area (TPSA) is 58.6 Å². The number of nitrogens with zero attached hydrogens (tertiary/aromatic N) is 1. The van der Waals surface area contributed by atoms with Gasteiger partial charge in [0.25, 0.3) is 0 Å². The van der Waals surface area contributed by atoms with Crippen LogP contribution >= 0.6 is 11.6 Å². The Morgan fingerprint density at radius 3 is 2.70 bits per heavy atom. The van der Waals surface area contributed by atoms with Crippen LogP contribution in [0.3, 0.4) is 0 Å². The van der Waals surface area contributed by atoms with E-state index in [1.165, 1.54) is 12.8 Å². The highest BCUT2D eigenvalue weighted by Gasteiger charge is 2.57. The van der Waals surface area contributed by atoms with Crippen LogP contribution in [0.25, 0.3) is 0 Å². The van der Waals surface area contributed by atoms with Gasteiger partial charge in [-0.2, -0.15) is 0 Å². The van der Waals surface area contributed by atoms with Crippen molar-refractivity contribution in [2.24, 2.45) is 34.4 Å². The first-order chi connectivity index (χ1) is 9.44. The van der Waals surface area contributed by atoms with Gasteiger partial charge in [-0.1, -0.05) is 26.7 Å². The van der Waals surface area contributed by atoms with Crippen molar-refractivity contribution in [3.8, 4) is 0 Å². The molecule has 0 aromatic carbocycles. The summed E-state index contributed by atoms with van der Waals surface area (Å²) in [5.41, 5.74) is 5.30. The van der Waals surface area contributed by atoms with E-state index in [-0.39, 0.29) is 23.3 Å². The number of rotatable bonds is 1. The van der Waals surface area contributed by atoms with Gasteiger partial charge in [-0.25, -0.2) is 0 Å². The molecule has 0 radical (unpaired) electrons. The molecule has 0 spiro atoms. The predicted octanol–water partition coefficient (Wildman–Crippen LogP) is 2.94. The van der Waals surface area contributed by atoms with Gasteiger partial charge in [-0.3, -0.25) is 4.99 Å². The minimum Gasteiger partial charge on any atom is -0.385 e. The molecule has 2 aliphatic carbocycles. The van der Waals surface area contributed by atoms with Gasteiger partial charge in [-0.15, -0.1) is 11.6 Å². The molecule has 7 atom stereocenters. The molecule has 0 amide bonds. The molecule has 114 valence electrons. The summed E-state index contributed by atoms with van der Waals surface area (Å²) in [6.07, 6.45) is 6.33. The van der Waals surface area contributed by atoms with Gasteiger partial charge in [0.2, 0.25) is 0 Å². The van der Waals surface area contributed by atoms with Gasteiger partial charge in [0, 0.05) is 11.3 Å². The minimum absolute atomic E-state index is 0.136. The molecule has 1 heterocycles. The number of hydrogen-bond acceptors (Lipinski definition) is 3. The Morgan fingerprint density at radius 2 is 1.95 bits per heavy atom. The largest absolute Gasteiger partial charge is 0.385 e. The molecule has 2 fully saturated rings. The predicted molar refractivity (Wildman–Crippen MR) is 83.0 cm³/mol. The van der Waals surface area contributed by atoms with Crippen LogP contribution in [0, 0.1) is 23.7 Å². The summed E-state index contributed by atoms with van der Waals surface area (Å²) < 4.78 is 0. The summed E-state index contributed by atoms with van der Waals surface area (Å²) in [5, 5.41) is 11.6. The average Bonchev–Trinajstić information content (AvgIpc) is 2.66. The monoisotopic (exact) mass is 298 g/mol. The van der Waals surface area contributed by atoms with Crippen molar-refractivity contribution in [2.75, 3.05) is 0 Å². The Labute approximate surface area is 127 Å². The Hall–Kier alpha value is -0.280. The van der Waals surface area contributed by atoms with E-state index in [9.17, 15) is 5.11 Å². The van der Waals surface area contributed by atoms with Crippen molar-refractivity contribution in [3.05, 3.63) is 0 Å². The first-order valence-corrected chi connectivity index (χ1v) is 8.58. The van der Waals surface area contributed by atoms with E-state index in [1.807, 2.05) is 0 Å². The lowest BCUT2D eigenvalue weighted by Crippen LogP contribution is -2.57. The average molecular weight is 299 g/mol. The van der Waals surface area contributed by atoms with E-state index in [4.69, 9.17) is 17.3 Å². The fraction of sp³-hybridized carbons (Fsp3) is 0.938. The Kier molecular flexibility index (Phi) is 3.79. The maximum absolute atomic E-state index is 11.5. The number of aliphatic imine (C=N–C) groups is 1. The summed E-state index contributed by atoms with van der Waals surface area (Å²) in [4.78, 5) is 4.62. The van der Waals surface area contributed by atoms with Gasteiger partial charge in [0.1, 0.15) is 11.4 Å². The Morgan fingerprint density at radius 1 is 1.20 bits per heavy atom. The van der Waals surface area contributed by atoms with E-state index in [0.29, 0.717) is 17.7 Å². The molecule has 0 aromatic heterocycles. The second-order valence-corrected chi connectivity index (χ2v) is 7.91. The van der Waals surface area contributed by atoms with Crippen LogP contribution < -0.4 is 5.73 Å². The lowest BCUT2D eigenvalue weighted by Gasteiger charge is -2.47. The maximum Gasteiger partial charge on any atom is 0.129 e. The molecule has 3 aliphatic rings. The second kappa shape index (κ2) is 5.17. The van der Waals surface area contributed by atoms with E-state index in [1.54, 1.807) is 0 Å². The standard InChI is InChI=1S/C16H27ClN2O/c1-9-4-3-5-12(10(9)2)16(20)13-8-11(17)6-7-14(13)19-15(16)18/h9-14,20H,3-8H2,1-2H3,(H2,18,19). The molecule has 0 saturated heterocycles. The lowest BCUT2D eigenvalue weighted by molar-refractivity contribution is -0.0587. The summed E-state index contributed by atoms with van der Waals surface area (Å²) in [6.45, 7) is 4.57. The van der Waals surface area contributed by atoms with Crippen LogP contribution in [0.4, 0.5) is 0 Å². The van der Waals surface area contributed by atoms with Gasteiger partial charge >= 0.3 is 0 Å². The molecule has 3 N–H and O–H groups in total. The van der Waals surface area contributed by atoms with E-state index < -0.39 is 5.60 Å². The van der Waals surface area contributed by atoms with Crippen LogP contribution in [0.1, 0.15) is 52.4 Å². The Bertz CT molecular complexity index is 413. The number of hydrogen-bond donors (Lipinski definition) is 2. The normalized spacial score (nSPS) is 52.5. The van der Waals surface area contributed by atoms with Crippen molar-refractivity contribution in [1.82, 2.24) is 0 Å². The van der Waals surface area contributed by atoms with Crippen LogP contribution in [-0.4, -0.2) is 28.0 Å². The summed E-state index contributed by atoms with van der Waals surface area (Å²) >= 11 is 6.36. The molecular formula is C16H27ClN2O. The van der Waals surface area contributed by atoms with Crippen molar-refractivity contribution in [2.45, 2.75) is 69.4 Å². The molecule has 3 nitrogen and oxygen atoms in total. The van der Waals surface area contributed by atoms with Gasteiger partial charge in [0.05, 0.1) is 6.04 Å². The van der Waals surface area contributed by atoms with Crippen molar-refractivity contribution >= 4 is 17.4 Å². The molecule has 3 rings (SSSR count). The molecule has 20 heavy (non-hydrogen) atoms. The quantitative estimate of drug-likeness (QED) is 0.731. The third-order valence-electron chi connectivity index (χ3n) is 6.30. The van der Waals surface area contributed by atoms with Crippen LogP contribution in [-0.2, 0) is 0 Å². The van der Waals surface area contributed by atoms with E-state index in [0.717, 1.165) is 25.7 Å². The first-order valence-electron chi connectivity index (χ1n) is 8.14. The van der Waals surface area contributed by atoms with Crippen LogP contribution in [0.2, 0.25) is 0 Å². The number of amidine groups is 1. The maximum atomic E-state index is 11.5. The Balaban J connectivity index is 1.90. The molecule has 7 unspecified atom stereocenters. The number of aliphatic hydroxyl groups is 1. The zero-order valence-electron chi connectivity index (χ0n) is 12.6. The zero-order chi connectivity index (χ0) is 14.5. The van der Waals surface area contributed by atoms with Crippen molar-refractivity contribution in [3.63, 3.8) is 0 Å². The van der Waals surface area contributed by atoms with Gasteiger partial charge in [0.15, 0.2) is 0 Å². The number of alkyl halides is 1. The fourth-order valence-corrected chi connectivity index (χ4v) is 5.19. The number of halogens is 1. The number of nitrogens with two attached hydrogens (primary N) is 1. The summed E-state index contributed by atoms with van der Waals surface area (Å²) in [6, 6.07) is 0.194. The zero-order valence-corrected chi connectivity index (χ0v) is 13.3. The molecule has 4 heteroatoms. The van der Waals surface area contributed by atoms with Crippen LogP contribution in [0.15, 0.2) is 4.99 Å². The molecule has 0 aromatic rings. The molecule has 0 bridgehead atoms. The molecule has 1 aliphatic heterocycles. The van der Waals surface area contributed by atoms with E-state index >= 15 is 0 Å². The molecular weight excluding hydrogens is 272 g/mol. The highest BCUT2D eigenvalue weighted by Crippen LogP contribution is 2.50. The highest BCUT2D eigenvalue weighted by atomic mass is 35.5. The van der Waals surface area contributed by atoms with Gasteiger partial charge < -0.3 is 10.8 Å².